The maximum Gasteiger partial charge on any atom is 0.412 e. The lowest BCUT2D eigenvalue weighted by Crippen LogP contribution is -2.27. The van der Waals surface area contributed by atoms with Crippen molar-refractivity contribution in [2.45, 2.75) is 19.8 Å². The molecule has 0 radical (unpaired) electrons. The highest BCUT2D eigenvalue weighted by Gasteiger charge is 2.07. The van der Waals surface area contributed by atoms with E-state index in [1.165, 1.54) is 6.07 Å². The summed E-state index contributed by atoms with van der Waals surface area (Å²) in [5.74, 6) is 0.849. The molecule has 1 amide bonds. The van der Waals surface area contributed by atoms with E-state index in [4.69, 9.17) is 27.9 Å². The summed E-state index contributed by atoms with van der Waals surface area (Å²) in [5.41, 5.74) is 0.725. The molecule has 7 heteroatoms. The number of amides is 1. The molecule has 0 bridgehead atoms. The summed E-state index contributed by atoms with van der Waals surface area (Å²) >= 11 is 11.7. The monoisotopic (exact) mass is 339 g/mol. The highest BCUT2D eigenvalue weighted by atomic mass is 35.5. The van der Waals surface area contributed by atoms with Gasteiger partial charge in [0.1, 0.15) is 16.1 Å². The van der Waals surface area contributed by atoms with Gasteiger partial charge in [0, 0.05) is 18.2 Å². The van der Waals surface area contributed by atoms with Gasteiger partial charge in [-0.25, -0.2) is 14.8 Å². The molecule has 0 aliphatic carbocycles. The molecule has 2 rings (SSSR count). The minimum Gasteiger partial charge on any atom is -0.410 e. The van der Waals surface area contributed by atoms with Crippen molar-refractivity contribution in [3.05, 3.63) is 40.6 Å². The largest absolute Gasteiger partial charge is 0.412 e. The van der Waals surface area contributed by atoms with E-state index in [1.54, 1.807) is 24.3 Å². The summed E-state index contributed by atoms with van der Waals surface area (Å²) in [6.45, 7) is 2.65. The molecule has 0 aliphatic rings. The van der Waals surface area contributed by atoms with Gasteiger partial charge in [0.2, 0.25) is 0 Å². The zero-order valence-corrected chi connectivity index (χ0v) is 13.5. The molecule has 1 heterocycles. The first kappa shape index (κ1) is 16.5. The van der Waals surface area contributed by atoms with E-state index in [0.29, 0.717) is 18.1 Å². The SMILES string of the molecule is CCCCNC(=O)Oc1ccc(-c2nc(Cl)cc(Cl)n2)cc1. The van der Waals surface area contributed by atoms with Crippen LogP contribution in [0.4, 0.5) is 4.79 Å². The molecule has 2 aromatic rings. The molecule has 1 N–H and O–H groups in total. The number of carbonyl (C=O) groups excluding carboxylic acids is 1. The van der Waals surface area contributed by atoms with Crippen molar-refractivity contribution in [2.75, 3.05) is 6.54 Å². The second-order valence-corrected chi connectivity index (χ2v) is 5.31. The van der Waals surface area contributed by atoms with E-state index in [9.17, 15) is 4.79 Å². The minimum absolute atomic E-state index is 0.269. The second kappa shape index (κ2) is 7.96. The van der Waals surface area contributed by atoms with Crippen molar-refractivity contribution in [3.63, 3.8) is 0 Å². The highest BCUT2D eigenvalue weighted by Crippen LogP contribution is 2.22. The summed E-state index contributed by atoms with van der Waals surface area (Å²) < 4.78 is 5.16. The first-order valence-electron chi connectivity index (χ1n) is 6.84. The fourth-order valence-electron chi connectivity index (χ4n) is 1.70. The molecule has 1 aromatic carbocycles. The third-order valence-corrected chi connectivity index (χ3v) is 3.17. The summed E-state index contributed by atoms with van der Waals surface area (Å²) in [5, 5.41) is 3.21. The van der Waals surface area contributed by atoms with Crippen LogP contribution in [0.1, 0.15) is 19.8 Å². The molecule has 0 fully saturated rings. The van der Waals surface area contributed by atoms with Crippen molar-refractivity contribution in [1.82, 2.24) is 15.3 Å². The lowest BCUT2D eigenvalue weighted by Gasteiger charge is -2.07. The van der Waals surface area contributed by atoms with Crippen LogP contribution in [0.5, 0.6) is 5.75 Å². The number of nitrogens with zero attached hydrogens (tertiary/aromatic N) is 2. The summed E-state index contributed by atoms with van der Waals surface area (Å²) in [4.78, 5) is 19.7. The van der Waals surface area contributed by atoms with Crippen molar-refractivity contribution >= 4 is 29.3 Å². The van der Waals surface area contributed by atoms with Crippen LogP contribution in [0.25, 0.3) is 11.4 Å². The second-order valence-electron chi connectivity index (χ2n) is 4.53. The molecule has 1 aromatic heterocycles. The lowest BCUT2D eigenvalue weighted by molar-refractivity contribution is 0.200. The van der Waals surface area contributed by atoms with Crippen molar-refractivity contribution < 1.29 is 9.53 Å². The van der Waals surface area contributed by atoms with Crippen LogP contribution in [-0.2, 0) is 0 Å². The van der Waals surface area contributed by atoms with E-state index in [0.717, 1.165) is 18.4 Å². The predicted octanol–water partition coefficient (Wildman–Crippen LogP) is 4.34. The van der Waals surface area contributed by atoms with E-state index in [-0.39, 0.29) is 10.3 Å². The fourth-order valence-corrected chi connectivity index (χ4v) is 2.12. The topological polar surface area (TPSA) is 64.1 Å². The molecule has 0 spiro atoms. The smallest absolute Gasteiger partial charge is 0.410 e. The molecule has 0 aliphatic heterocycles. The average molecular weight is 340 g/mol. The number of rotatable bonds is 5. The predicted molar refractivity (Wildman–Crippen MR) is 86.4 cm³/mol. The first-order chi connectivity index (χ1) is 10.6. The van der Waals surface area contributed by atoms with Gasteiger partial charge in [-0.15, -0.1) is 0 Å². The van der Waals surface area contributed by atoms with Gasteiger partial charge in [-0.3, -0.25) is 0 Å². The highest BCUT2D eigenvalue weighted by molar-refractivity contribution is 6.33. The number of halogens is 2. The van der Waals surface area contributed by atoms with Crippen molar-refractivity contribution in [3.8, 4) is 17.1 Å². The third kappa shape index (κ3) is 4.86. The Balaban J connectivity index is 2.02. The standard InChI is InChI=1S/C15H15Cl2N3O2/c1-2-3-8-18-15(21)22-11-6-4-10(5-7-11)14-19-12(16)9-13(17)20-14/h4-7,9H,2-3,8H2,1H3,(H,18,21). The van der Waals surface area contributed by atoms with Crippen LogP contribution in [0.15, 0.2) is 30.3 Å². The van der Waals surface area contributed by atoms with Crippen molar-refractivity contribution in [2.24, 2.45) is 0 Å². The molecule has 0 saturated heterocycles. The van der Waals surface area contributed by atoms with Gasteiger partial charge < -0.3 is 10.1 Å². The van der Waals surface area contributed by atoms with Gasteiger partial charge >= 0.3 is 6.09 Å². The summed E-state index contributed by atoms with van der Waals surface area (Å²) in [6.07, 6.45) is 1.46. The van der Waals surface area contributed by atoms with Crippen LogP contribution < -0.4 is 10.1 Å². The van der Waals surface area contributed by atoms with Crippen LogP contribution >= 0.6 is 23.2 Å². The van der Waals surface area contributed by atoms with E-state index >= 15 is 0 Å². The zero-order valence-electron chi connectivity index (χ0n) is 12.0. The molecule has 5 nitrogen and oxygen atoms in total. The normalized spacial score (nSPS) is 10.3. The molecule has 0 unspecified atom stereocenters. The van der Waals surface area contributed by atoms with Crippen molar-refractivity contribution in [1.29, 1.82) is 0 Å². The van der Waals surface area contributed by atoms with E-state index in [1.807, 2.05) is 0 Å². The maximum absolute atomic E-state index is 11.5. The Bertz CT molecular complexity index is 627. The number of ether oxygens (including phenoxy) is 1. The van der Waals surface area contributed by atoms with Gasteiger partial charge in [0.05, 0.1) is 0 Å². The van der Waals surface area contributed by atoms with E-state index in [2.05, 4.69) is 22.2 Å². The Morgan fingerprint density at radius 2 is 1.82 bits per heavy atom. The number of hydrogen-bond acceptors (Lipinski definition) is 4. The first-order valence-corrected chi connectivity index (χ1v) is 7.60. The Hall–Kier alpha value is -1.85. The third-order valence-electron chi connectivity index (χ3n) is 2.79. The maximum atomic E-state index is 11.5. The van der Waals surface area contributed by atoms with Gasteiger partial charge in [0.15, 0.2) is 5.82 Å². The Kier molecular flexibility index (Phi) is 5.98. The van der Waals surface area contributed by atoms with Crippen LogP contribution in [0, 0.1) is 0 Å². The minimum atomic E-state index is -0.469. The van der Waals surface area contributed by atoms with Crippen LogP contribution in [-0.4, -0.2) is 22.6 Å². The van der Waals surface area contributed by atoms with Gasteiger partial charge in [-0.1, -0.05) is 36.5 Å². The van der Waals surface area contributed by atoms with Crippen LogP contribution in [0.2, 0.25) is 10.3 Å². The lowest BCUT2D eigenvalue weighted by atomic mass is 10.2. The number of benzene rings is 1. The van der Waals surface area contributed by atoms with Crippen LogP contribution in [0.3, 0.4) is 0 Å². The summed E-state index contributed by atoms with van der Waals surface area (Å²) in [6, 6.07) is 8.25. The Labute approximate surface area is 138 Å². The molecule has 0 saturated carbocycles. The van der Waals surface area contributed by atoms with Gasteiger partial charge in [-0.2, -0.15) is 0 Å². The molecular weight excluding hydrogens is 325 g/mol. The van der Waals surface area contributed by atoms with E-state index < -0.39 is 6.09 Å². The zero-order chi connectivity index (χ0) is 15.9. The van der Waals surface area contributed by atoms with Gasteiger partial charge in [-0.05, 0) is 30.7 Å². The number of hydrogen-bond donors (Lipinski definition) is 1. The quantitative estimate of drug-likeness (QED) is 0.650. The fraction of sp³-hybridized carbons (Fsp3) is 0.267. The van der Waals surface area contributed by atoms with Gasteiger partial charge in [0.25, 0.3) is 0 Å². The summed E-state index contributed by atoms with van der Waals surface area (Å²) in [7, 11) is 0. The Morgan fingerprint density at radius 1 is 1.18 bits per heavy atom. The number of unbranched alkanes of at least 4 members (excludes halogenated alkanes) is 1. The molecular formula is C15H15Cl2N3O2. The molecule has 22 heavy (non-hydrogen) atoms. The molecule has 116 valence electrons. The number of nitrogens with one attached hydrogen (secondary N) is 1. The molecule has 0 atom stereocenters. The number of carbonyl (C=O) groups is 1. The average Bonchev–Trinajstić information content (AvgIpc) is 2.47. The Morgan fingerprint density at radius 3 is 2.41 bits per heavy atom. The number of aromatic nitrogens is 2.